The average molecular weight is 568 g/mol. The second-order valence-corrected chi connectivity index (χ2v) is 11.1. The number of hydrogen-bond acceptors (Lipinski definition) is 8. The van der Waals surface area contributed by atoms with Gasteiger partial charge in [0.05, 0.1) is 36.7 Å². The van der Waals surface area contributed by atoms with Gasteiger partial charge in [-0.3, -0.25) is 9.78 Å². The predicted molar refractivity (Wildman–Crippen MR) is 164 cm³/mol. The van der Waals surface area contributed by atoms with E-state index in [1.807, 2.05) is 73.7 Å². The van der Waals surface area contributed by atoms with E-state index in [4.69, 9.17) is 19.4 Å². The molecule has 0 bridgehead atoms. The molecular formula is C33H37N5O4. The summed E-state index contributed by atoms with van der Waals surface area (Å²) in [5.74, 6) is 2.75. The van der Waals surface area contributed by atoms with E-state index in [0.717, 1.165) is 53.5 Å². The molecule has 2 aromatic heterocycles. The number of ether oxygens (including phenoxy) is 2. The molecule has 1 saturated heterocycles. The first-order valence-electron chi connectivity index (χ1n) is 14.3. The van der Waals surface area contributed by atoms with Crippen molar-refractivity contribution in [2.45, 2.75) is 46.1 Å². The van der Waals surface area contributed by atoms with Crippen LogP contribution in [-0.4, -0.2) is 51.8 Å². The third-order valence-electron chi connectivity index (χ3n) is 7.25. The number of carboxylic acid groups (broad SMARTS) is 1. The molecule has 0 saturated carbocycles. The SMILES string of the molecule is CCOc1ccccc1O[C@@H]1CCCN(c2cncc(Nc3cccc(-c4ccc(CC(C)(C)C(=O)O)cc4)n3)n2)C1. The van der Waals surface area contributed by atoms with E-state index in [0.29, 0.717) is 31.2 Å². The van der Waals surface area contributed by atoms with Crippen LogP contribution in [0, 0.1) is 5.41 Å². The van der Waals surface area contributed by atoms with Crippen molar-refractivity contribution in [3.63, 3.8) is 0 Å². The van der Waals surface area contributed by atoms with Gasteiger partial charge in [-0.25, -0.2) is 9.97 Å². The highest BCUT2D eigenvalue weighted by Gasteiger charge is 2.27. The van der Waals surface area contributed by atoms with E-state index in [-0.39, 0.29) is 6.10 Å². The summed E-state index contributed by atoms with van der Waals surface area (Å²) in [6.07, 6.45) is 5.87. The Morgan fingerprint density at radius 2 is 1.79 bits per heavy atom. The molecule has 0 radical (unpaired) electrons. The number of aromatic nitrogens is 3. The first-order chi connectivity index (χ1) is 20.3. The third-order valence-corrected chi connectivity index (χ3v) is 7.25. The largest absolute Gasteiger partial charge is 0.490 e. The van der Waals surface area contributed by atoms with Crippen LogP contribution in [-0.2, 0) is 11.2 Å². The number of rotatable bonds is 11. The van der Waals surface area contributed by atoms with Crippen molar-refractivity contribution in [2.75, 3.05) is 29.9 Å². The zero-order chi connectivity index (χ0) is 29.5. The molecule has 5 rings (SSSR count). The highest BCUT2D eigenvalue weighted by Crippen LogP contribution is 2.30. The van der Waals surface area contributed by atoms with Gasteiger partial charge < -0.3 is 24.8 Å². The smallest absolute Gasteiger partial charge is 0.309 e. The average Bonchev–Trinajstić information content (AvgIpc) is 2.99. The van der Waals surface area contributed by atoms with E-state index >= 15 is 0 Å². The fraction of sp³-hybridized carbons (Fsp3) is 0.333. The van der Waals surface area contributed by atoms with Crippen molar-refractivity contribution < 1.29 is 19.4 Å². The molecule has 3 heterocycles. The number of carbonyl (C=O) groups is 1. The summed E-state index contributed by atoms with van der Waals surface area (Å²) in [6, 6.07) is 21.4. The highest BCUT2D eigenvalue weighted by molar-refractivity contribution is 5.74. The molecule has 0 amide bonds. The Kier molecular flexibility index (Phi) is 8.85. The summed E-state index contributed by atoms with van der Waals surface area (Å²) in [5, 5.41) is 12.7. The van der Waals surface area contributed by atoms with Crippen LogP contribution in [0.5, 0.6) is 11.5 Å². The summed E-state index contributed by atoms with van der Waals surface area (Å²) < 4.78 is 12.1. The van der Waals surface area contributed by atoms with Crippen LogP contribution in [0.4, 0.5) is 17.5 Å². The van der Waals surface area contributed by atoms with Gasteiger partial charge in [-0.05, 0) is 69.9 Å². The normalized spacial score (nSPS) is 15.2. The number of nitrogens with zero attached hydrogens (tertiary/aromatic N) is 4. The summed E-state index contributed by atoms with van der Waals surface area (Å²) >= 11 is 0. The van der Waals surface area contributed by atoms with Crippen LogP contribution in [0.2, 0.25) is 0 Å². The van der Waals surface area contributed by atoms with Crippen molar-refractivity contribution >= 4 is 23.4 Å². The molecule has 4 aromatic rings. The van der Waals surface area contributed by atoms with Crippen molar-refractivity contribution in [1.82, 2.24) is 15.0 Å². The Balaban J connectivity index is 1.25. The van der Waals surface area contributed by atoms with Gasteiger partial charge in [0.25, 0.3) is 0 Å². The summed E-state index contributed by atoms with van der Waals surface area (Å²) in [7, 11) is 0. The van der Waals surface area contributed by atoms with E-state index < -0.39 is 11.4 Å². The quantitative estimate of drug-likeness (QED) is 0.213. The van der Waals surface area contributed by atoms with Gasteiger partial charge in [-0.15, -0.1) is 0 Å². The molecule has 9 nitrogen and oxygen atoms in total. The topological polar surface area (TPSA) is 110 Å². The Morgan fingerprint density at radius 1 is 1.00 bits per heavy atom. The summed E-state index contributed by atoms with van der Waals surface area (Å²) in [5.41, 5.74) is 1.89. The first kappa shape index (κ1) is 28.9. The highest BCUT2D eigenvalue weighted by atomic mass is 16.5. The number of hydrogen-bond donors (Lipinski definition) is 2. The van der Waals surface area contributed by atoms with Crippen molar-refractivity contribution in [3.05, 3.63) is 84.7 Å². The van der Waals surface area contributed by atoms with Crippen molar-refractivity contribution in [3.8, 4) is 22.8 Å². The van der Waals surface area contributed by atoms with Crippen molar-refractivity contribution in [1.29, 1.82) is 0 Å². The Hall–Kier alpha value is -4.66. The van der Waals surface area contributed by atoms with Crippen LogP contribution in [0.3, 0.4) is 0 Å². The lowest BCUT2D eigenvalue weighted by atomic mass is 9.86. The van der Waals surface area contributed by atoms with Crippen LogP contribution in [0.15, 0.2) is 79.1 Å². The molecule has 1 aliphatic rings. The number of pyridine rings is 1. The minimum Gasteiger partial charge on any atom is -0.490 e. The Bertz CT molecular complexity index is 1510. The van der Waals surface area contributed by atoms with E-state index in [1.54, 1.807) is 26.2 Å². The molecular weight excluding hydrogens is 530 g/mol. The predicted octanol–water partition coefficient (Wildman–Crippen LogP) is 6.38. The van der Waals surface area contributed by atoms with Gasteiger partial charge in [0.1, 0.15) is 17.7 Å². The van der Waals surface area contributed by atoms with Gasteiger partial charge in [0.15, 0.2) is 17.3 Å². The monoisotopic (exact) mass is 567 g/mol. The van der Waals surface area contributed by atoms with Gasteiger partial charge in [0, 0.05) is 12.1 Å². The number of piperidine rings is 1. The van der Waals surface area contributed by atoms with Gasteiger partial charge in [0.2, 0.25) is 0 Å². The maximum absolute atomic E-state index is 11.5. The number of para-hydroxylation sites is 2. The fourth-order valence-corrected chi connectivity index (χ4v) is 4.99. The van der Waals surface area contributed by atoms with Crippen LogP contribution >= 0.6 is 0 Å². The Labute approximate surface area is 246 Å². The number of carboxylic acids is 1. The number of benzene rings is 2. The zero-order valence-electron chi connectivity index (χ0n) is 24.3. The summed E-state index contributed by atoms with van der Waals surface area (Å²) in [6.45, 7) is 7.60. The molecule has 1 fully saturated rings. The molecule has 1 aliphatic heterocycles. The third kappa shape index (κ3) is 7.15. The second kappa shape index (κ2) is 12.9. The lowest BCUT2D eigenvalue weighted by Crippen LogP contribution is -2.41. The standard InChI is InChI=1S/C33H37N5O4/c1-4-41-27-11-5-6-12-28(27)42-25-9-8-18-38(22-25)31-21-34-20-30(37-31)36-29-13-7-10-26(35-29)24-16-14-23(15-17-24)19-33(2,3)32(39)40/h5-7,10-17,20-21,25H,4,8-9,18-19,22H2,1-3H3,(H,39,40)(H,35,36,37)/t25-/m1/s1. The maximum Gasteiger partial charge on any atom is 0.309 e. The van der Waals surface area contributed by atoms with Gasteiger partial charge in [-0.2, -0.15) is 0 Å². The minimum atomic E-state index is -0.823. The van der Waals surface area contributed by atoms with E-state index in [9.17, 15) is 9.90 Å². The molecule has 42 heavy (non-hydrogen) atoms. The number of nitrogens with one attached hydrogen (secondary N) is 1. The molecule has 9 heteroatoms. The maximum atomic E-state index is 11.5. The molecule has 0 aliphatic carbocycles. The molecule has 2 aromatic carbocycles. The summed E-state index contributed by atoms with van der Waals surface area (Å²) in [4.78, 5) is 27.7. The molecule has 0 spiro atoms. The molecule has 2 N–H and O–H groups in total. The Morgan fingerprint density at radius 3 is 2.55 bits per heavy atom. The zero-order valence-corrected chi connectivity index (χ0v) is 24.3. The van der Waals surface area contributed by atoms with Gasteiger partial charge >= 0.3 is 5.97 Å². The lowest BCUT2D eigenvalue weighted by Gasteiger charge is -2.33. The van der Waals surface area contributed by atoms with Crippen LogP contribution in [0.25, 0.3) is 11.3 Å². The fourth-order valence-electron chi connectivity index (χ4n) is 4.99. The number of aliphatic carboxylic acids is 1. The van der Waals surface area contributed by atoms with E-state index in [2.05, 4.69) is 15.2 Å². The van der Waals surface area contributed by atoms with Crippen molar-refractivity contribution in [2.24, 2.45) is 5.41 Å². The van der Waals surface area contributed by atoms with Gasteiger partial charge in [-0.1, -0.05) is 42.5 Å². The molecule has 1 atom stereocenters. The second-order valence-electron chi connectivity index (χ2n) is 11.1. The van der Waals surface area contributed by atoms with E-state index in [1.165, 1.54) is 0 Å². The minimum absolute atomic E-state index is 0.0127. The van der Waals surface area contributed by atoms with Crippen LogP contribution in [0.1, 0.15) is 39.2 Å². The van der Waals surface area contributed by atoms with Crippen LogP contribution < -0.4 is 19.7 Å². The lowest BCUT2D eigenvalue weighted by molar-refractivity contribution is -0.146. The molecule has 218 valence electrons. The number of anilines is 3. The molecule has 0 unspecified atom stereocenters. The first-order valence-corrected chi connectivity index (χ1v) is 14.3.